The molecule has 0 N–H and O–H groups in total. The Hall–Kier alpha value is -3.49. The van der Waals surface area contributed by atoms with Gasteiger partial charge in [-0.25, -0.2) is 14.0 Å². The number of hydrogen-bond acceptors (Lipinski definition) is 7. The average Bonchev–Trinajstić information content (AvgIpc) is 2.66. The molecule has 0 saturated heterocycles. The third-order valence-electron chi connectivity index (χ3n) is 3.27. The maximum Gasteiger partial charge on any atom is 0.338 e. The molecule has 0 spiro atoms. The van der Waals surface area contributed by atoms with Crippen LogP contribution >= 0.6 is 0 Å². The number of benzene rings is 2. The van der Waals surface area contributed by atoms with E-state index in [-0.39, 0.29) is 30.9 Å². The summed E-state index contributed by atoms with van der Waals surface area (Å²) >= 11 is 0. The van der Waals surface area contributed by atoms with Crippen molar-refractivity contribution in [2.45, 2.75) is 6.92 Å². The molecule has 27 heavy (non-hydrogen) atoms. The number of esters is 2. The van der Waals surface area contributed by atoms with Crippen LogP contribution in [0.5, 0.6) is 5.75 Å². The first-order chi connectivity index (χ1) is 12.9. The Bertz CT molecular complexity index is 836. The van der Waals surface area contributed by atoms with Gasteiger partial charge < -0.3 is 14.2 Å². The Kier molecular flexibility index (Phi) is 6.81. The number of ether oxygens (including phenoxy) is 3. The summed E-state index contributed by atoms with van der Waals surface area (Å²) in [7, 11) is 0. The van der Waals surface area contributed by atoms with Gasteiger partial charge >= 0.3 is 11.9 Å². The highest BCUT2D eigenvalue weighted by Crippen LogP contribution is 2.19. The first-order valence-electron chi connectivity index (χ1n) is 7.92. The van der Waals surface area contributed by atoms with Crippen LogP contribution in [0.3, 0.4) is 0 Å². The molecule has 9 heteroatoms. The molecule has 0 unspecified atom stereocenters. The maximum atomic E-state index is 12.8. The standard InChI is InChI=1S/C18H16FNO7/c1-2-25-17(21)12-9-13(11-15(10-12)20(23)24)18(22)27-8-7-26-16-5-3-14(19)4-6-16/h3-6,9-11H,2,7-8H2,1H3. The van der Waals surface area contributed by atoms with Crippen molar-refractivity contribution >= 4 is 17.6 Å². The number of non-ortho nitro benzene ring substituents is 1. The molecule has 0 amide bonds. The van der Waals surface area contributed by atoms with Gasteiger partial charge in [-0.3, -0.25) is 10.1 Å². The van der Waals surface area contributed by atoms with Crippen molar-refractivity contribution in [1.29, 1.82) is 0 Å². The van der Waals surface area contributed by atoms with Gasteiger partial charge in [-0.1, -0.05) is 0 Å². The topological polar surface area (TPSA) is 105 Å². The lowest BCUT2D eigenvalue weighted by Gasteiger charge is -2.08. The molecule has 0 aliphatic rings. The minimum atomic E-state index is -0.855. The van der Waals surface area contributed by atoms with Gasteiger partial charge in [-0.2, -0.15) is 0 Å². The van der Waals surface area contributed by atoms with Gasteiger partial charge in [0.15, 0.2) is 0 Å². The fourth-order valence-corrected chi connectivity index (χ4v) is 2.07. The van der Waals surface area contributed by atoms with Crippen LogP contribution in [0, 0.1) is 15.9 Å². The average molecular weight is 377 g/mol. The predicted molar refractivity (Wildman–Crippen MR) is 91.2 cm³/mol. The summed E-state index contributed by atoms with van der Waals surface area (Å²) in [5.74, 6) is -1.65. The lowest BCUT2D eigenvalue weighted by atomic mass is 10.1. The Morgan fingerprint density at radius 3 is 2.15 bits per heavy atom. The summed E-state index contributed by atoms with van der Waals surface area (Å²) in [6.45, 7) is 1.53. The largest absolute Gasteiger partial charge is 0.490 e. The van der Waals surface area contributed by atoms with E-state index >= 15 is 0 Å². The highest BCUT2D eigenvalue weighted by atomic mass is 19.1. The van der Waals surface area contributed by atoms with Crippen molar-refractivity contribution in [2.75, 3.05) is 19.8 Å². The second-order valence-electron chi connectivity index (χ2n) is 5.18. The summed E-state index contributed by atoms with van der Waals surface area (Å²) in [5.41, 5.74) is -0.718. The third-order valence-corrected chi connectivity index (χ3v) is 3.27. The Morgan fingerprint density at radius 1 is 1.00 bits per heavy atom. The van der Waals surface area contributed by atoms with E-state index in [2.05, 4.69) is 0 Å². The van der Waals surface area contributed by atoms with E-state index < -0.39 is 28.4 Å². The van der Waals surface area contributed by atoms with Gasteiger partial charge in [0.1, 0.15) is 24.8 Å². The van der Waals surface area contributed by atoms with Crippen molar-refractivity contribution < 1.29 is 33.1 Å². The lowest BCUT2D eigenvalue weighted by Crippen LogP contribution is -2.14. The molecular weight excluding hydrogens is 361 g/mol. The summed E-state index contributed by atoms with van der Waals surface area (Å²) in [6, 6.07) is 8.47. The summed E-state index contributed by atoms with van der Waals surface area (Å²) in [5, 5.41) is 11.0. The molecule has 0 aliphatic heterocycles. The monoisotopic (exact) mass is 377 g/mol. The molecule has 0 aromatic heterocycles. The normalized spacial score (nSPS) is 10.1. The number of carbonyl (C=O) groups excluding carboxylic acids is 2. The van der Waals surface area contributed by atoms with Gasteiger partial charge in [0.2, 0.25) is 0 Å². The molecule has 0 fully saturated rings. The molecule has 2 rings (SSSR count). The highest BCUT2D eigenvalue weighted by Gasteiger charge is 2.19. The number of nitro groups is 1. The fourth-order valence-electron chi connectivity index (χ4n) is 2.07. The molecule has 0 bridgehead atoms. The number of halogens is 1. The predicted octanol–water partition coefficient (Wildman–Crippen LogP) is 3.15. The van der Waals surface area contributed by atoms with E-state index in [9.17, 15) is 24.1 Å². The summed E-state index contributed by atoms with van der Waals surface area (Å²) in [4.78, 5) is 34.2. The van der Waals surface area contributed by atoms with Gasteiger partial charge in [0.05, 0.1) is 22.7 Å². The van der Waals surface area contributed by atoms with Crippen LogP contribution in [0.25, 0.3) is 0 Å². The molecule has 0 radical (unpaired) electrons. The number of nitro benzene ring substituents is 1. The van der Waals surface area contributed by atoms with E-state index in [0.29, 0.717) is 5.75 Å². The van der Waals surface area contributed by atoms with Gasteiger partial charge in [0, 0.05) is 12.1 Å². The molecule has 2 aromatic rings. The van der Waals surface area contributed by atoms with Crippen molar-refractivity contribution in [3.63, 3.8) is 0 Å². The second-order valence-corrected chi connectivity index (χ2v) is 5.18. The van der Waals surface area contributed by atoms with Gasteiger partial charge in [0.25, 0.3) is 5.69 Å². The van der Waals surface area contributed by atoms with Crippen LogP contribution in [0.1, 0.15) is 27.6 Å². The van der Waals surface area contributed by atoms with E-state index in [1.165, 1.54) is 24.3 Å². The zero-order valence-corrected chi connectivity index (χ0v) is 14.3. The minimum absolute atomic E-state index is 0.00294. The Labute approximate surface area is 153 Å². The number of nitrogens with zero attached hydrogens (tertiary/aromatic N) is 1. The first kappa shape index (κ1) is 19.8. The van der Waals surface area contributed by atoms with Gasteiger partial charge in [-0.15, -0.1) is 0 Å². The van der Waals surface area contributed by atoms with Crippen molar-refractivity contribution in [3.05, 3.63) is 69.5 Å². The molecule has 0 aliphatic carbocycles. The summed E-state index contributed by atoms with van der Waals surface area (Å²) in [6.07, 6.45) is 0. The Balaban J connectivity index is 2.00. The minimum Gasteiger partial charge on any atom is -0.490 e. The molecule has 2 aromatic carbocycles. The van der Waals surface area contributed by atoms with Crippen LogP contribution in [0.15, 0.2) is 42.5 Å². The van der Waals surface area contributed by atoms with Crippen molar-refractivity contribution in [2.24, 2.45) is 0 Å². The lowest BCUT2D eigenvalue weighted by molar-refractivity contribution is -0.384. The zero-order chi connectivity index (χ0) is 19.8. The quantitative estimate of drug-likeness (QED) is 0.301. The van der Waals surface area contributed by atoms with Gasteiger partial charge in [-0.05, 0) is 37.3 Å². The molecule has 142 valence electrons. The number of rotatable bonds is 8. The fraction of sp³-hybridized carbons (Fsp3) is 0.222. The number of hydrogen-bond donors (Lipinski definition) is 0. The molecule has 0 atom stereocenters. The maximum absolute atomic E-state index is 12.8. The zero-order valence-electron chi connectivity index (χ0n) is 14.3. The number of carbonyl (C=O) groups is 2. The SMILES string of the molecule is CCOC(=O)c1cc(C(=O)OCCOc2ccc(F)cc2)cc([N+](=O)[O-])c1. The van der Waals surface area contributed by atoms with E-state index in [4.69, 9.17) is 14.2 Å². The second kappa shape index (κ2) is 9.27. The molecular formula is C18H16FNO7. The first-order valence-corrected chi connectivity index (χ1v) is 7.92. The highest BCUT2D eigenvalue weighted by molar-refractivity contribution is 5.96. The van der Waals surface area contributed by atoms with E-state index in [0.717, 1.165) is 18.2 Å². The van der Waals surface area contributed by atoms with E-state index in [1.807, 2.05) is 0 Å². The van der Waals surface area contributed by atoms with Crippen LogP contribution in [0.2, 0.25) is 0 Å². The van der Waals surface area contributed by atoms with Crippen molar-refractivity contribution in [3.8, 4) is 5.75 Å². The van der Waals surface area contributed by atoms with Crippen molar-refractivity contribution in [1.82, 2.24) is 0 Å². The Morgan fingerprint density at radius 2 is 1.59 bits per heavy atom. The molecule has 0 saturated carbocycles. The summed E-state index contributed by atoms with van der Waals surface area (Å²) < 4.78 is 27.9. The van der Waals surface area contributed by atoms with Crippen LogP contribution in [-0.2, 0) is 9.47 Å². The van der Waals surface area contributed by atoms with Crippen LogP contribution in [-0.4, -0.2) is 36.7 Å². The smallest absolute Gasteiger partial charge is 0.338 e. The third kappa shape index (κ3) is 5.77. The molecule has 0 heterocycles. The van der Waals surface area contributed by atoms with Crippen LogP contribution < -0.4 is 4.74 Å². The molecule has 8 nitrogen and oxygen atoms in total. The van der Waals surface area contributed by atoms with E-state index in [1.54, 1.807) is 6.92 Å². The van der Waals surface area contributed by atoms with Crippen LogP contribution in [0.4, 0.5) is 10.1 Å².